The molecule has 1 aromatic heterocycles. The van der Waals surface area contributed by atoms with Crippen LogP contribution in [0.5, 0.6) is 0 Å². The molecule has 1 aliphatic heterocycles. The topological polar surface area (TPSA) is 50.5 Å². The van der Waals surface area contributed by atoms with E-state index in [0.29, 0.717) is 24.1 Å². The molecule has 2 heterocycles. The zero-order valence-corrected chi connectivity index (χ0v) is 16.9. The third-order valence-electron chi connectivity index (χ3n) is 4.78. The number of amides is 1. The minimum atomic E-state index is -0.462. The van der Waals surface area contributed by atoms with Gasteiger partial charge in [0.05, 0.1) is 24.2 Å². The second-order valence-corrected chi connectivity index (χ2v) is 8.08. The summed E-state index contributed by atoms with van der Waals surface area (Å²) < 4.78 is 19.5. The summed E-state index contributed by atoms with van der Waals surface area (Å²) >= 11 is 7.56. The predicted molar refractivity (Wildman–Crippen MR) is 111 cm³/mol. The van der Waals surface area contributed by atoms with Crippen molar-refractivity contribution >= 4 is 40.7 Å². The molecule has 4 rings (SSSR count). The van der Waals surface area contributed by atoms with Gasteiger partial charge < -0.3 is 9.32 Å². The van der Waals surface area contributed by atoms with E-state index in [1.807, 2.05) is 12.1 Å². The summed E-state index contributed by atoms with van der Waals surface area (Å²) in [5.41, 5.74) is 1.37. The van der Waals surface area contributed by atoms with Crippen LogP contribution in [0.25, 0.3) is 0 Å². The molecule has 0 saturated heterocycles. The minimum absolute atomic E-state index is 0.0158. The standard InChI is InChI=1S/C22H17ClFNO3S/c23-17-4-1-5-18(24)16(17)12-25-19-11-14(6-9-21(19)29-13-22(25)27)20(26)8-7-15-3-2-10-28-15/h1-6,9-11H,7-8,12-13H2. The van der Waals surface area contributed by atoms with Crippen LogP contribution in [0, 0.1) is 5.82 Å². The van der Waals surface area contributed by atoms with Crippen molar-refractivity contribution in [2.75, 3.05) is 10.7 Å². The average Bonchev–Trinajstić information content (AvgIpc) is 3.23. The Morgan fingerprint density at radius 1 is 1.21 bits per heavy atom. The molecule has 3 aromatic rings. The van der Waals surface area contributed by atoms with Crippen molar-refractivity contribution < 1.29 is 18.4 Å². The number of nitrogens with zero attached hydrogens (tertiary/aromatic N) is 1. The number of hydrogen-bond donors (Lipinski definition) is 0. The van der Waals surface area contributed by atoms with Crippen molar-refractivity contribution in [1.29, 1.82) is 0 Å². The lowest BCUT2D eigenvalue weighted by Crippen LogP contribution is -2.35. The van der Waals surface area contributed by atoms with E-state index in [4.69, 9.17) is 16.0 Å². The molecule has 7 heteroatoms. The number of carbonyl (C=O) groups is 2. The summed E-state index contributed by atoms with van der Waals surface area (Å²) in [7, 11) is 0. The van der Waals surface area contributed by atoms with Crippen molar-refractivity contribution in [3.8, 4) is 0 Å². The maximum absolute atomic E-state index is 14.3. The Hall–Kier alpha value is -2.57. The van der Waals surface area contributed by atoms with Crippen molar-refractivity contribution in [1.82, 2.24) is 0 Å². The molecule has 0 bridgehead atoms. The van der Waals surface area contributed by atoms with E-state index >= 15 is 0 Å². The van der Waals surface area contributed by atoms with E-state index in [1.54, 1.807) is 30.5 Å². The highest BCUT2D eigenvalue weighted by Crippen LogP contribution is 2.38. The molecule has 1 amide bonds. The number of halogens is 2. The van der Waals surface area contributed by atoms with Crippen LogP contribution < -0.4 is 4.90 Å². The molecule has 0 aliphatic carbocycles. The van der Waals surface area contributed by atoms with Crippen LogP contribution in [0.15, 0.2) is 64.1 Å². The Morgan fingerprint density at radius 2 is 2.07 bits per heavy atom. The Bertz CT molecular complexity index is 1050. The summed E-state index contributed by atoms with van der Waals surface area (Å²) in [6.07, 6.45) is 2.38. The third kappa shape index (κ3) is 4.23. The third-order valence-corrected chi connectivity index (χ3v) is 6.18. The number of Topliss-reactive ketones (excluding diaryl/α,β-unsaturated/α-hetero) is 1. The van der Waals surface area contributed by atoms with E-state index in [-0.39, 0.29) is 34.6 Å². The number of fused-ring (bicyclic) bond motifs is 1. The van der Waals surface area contributed by atoms with E-state index in [1.165, 1.54) is 28.8 Å². The quantitative estimate of drug-likeness (QED) is 0.483. The first-order valence-electron chi connectivity index (χ1n) is 9.08. The zero-order valence-electron chi connectivity index (χ0n) is 15.4. The lowest BCUT2D eigenvalue weighted by atomic mass is 10.0. The van der Waals surface area contributed by atoms with Gasteiger partial charge in [0.1, 0.15) is 11.6 Å². The number of ketones is 1. The van der Waals surface area contributed by atoms with E-state index in [9.17, 15) is 14.0 Å². The fraction of sp³-hybridized carbons (Fsp3) is 0.182. The van der Waals surface area contributed by atoms with E-state index < -0.39 is 5.82 Å². The average molecular weight is 430 g/mol. The fourth-order valence-corrected chi connectivity index (χ4v) is 4.37. The first-order chi connectivity index (χ1) is 14.0. The van der Waals surface area contributed by atoms with Crippen molar-refractivity contribution in [3.63, 3.8) is 0 Å². The molecule has 0 fully saturated rings. The van der Waals surface area contributed by atoms with Crippen LogP contribution in [-0.2, 0) is 17.8 Å². The fourth-order valence-electron chi connectivity index (χ4n) is 3.23. The van der Waals surface area contributed by atoms with E-state index in [0.717, 1.165) is 10.7 Å². The van der Waals surface area contributed by atoms with Gasteiger partial charge in [0.15, 0.2) is 5.78 Å². The van der Waals surface area contributed by atoms with Gasteiger partial charge in [-0.2, -0.15) is 0 Å². The zero-order chi connectivity index (χ0) is 20.4. The van der Waals surface area contributed by atoms with Crippen LogP contribution in [0.1, 0.15) is 28.1 Å². The molecule has 4 nitrogen and oxygen atoms in total. The summed E-state index contributed by atoms with van der Waals surface area (Å²) in [4.78, 5) is 27.6. The van der Waals surface area contributed by atoms with Crippen LogP contribution in [0.2, 0.25) is 5.02 Å². The highest BCUT2D eigenvalue weighted by molar-refractivity contribution is 8.00. The Labute approximate surface area is 176 Å². The number of benzene rings is 2. The number of furan rings is 1. The van der Waals surface area contributed by atoms with Crippen molar-refractivity contribution in [2.24, 2.45) is 0 Å². The summed E-state index contributed by atoms with van der Waals surface area (Å²) in [5.74, 6) is 0.344. The maximum atomic E-state index is 14.3. The van der Waals surface area contributed by atoms with E-state index in [2.05, 4.69) is 0 Å². The number of hydrogen-bond acceptors (Lipinski definition) is 4. The molecule has 1 aliphatic rings. The SMILES string of the molecule is O=C(CCc1ccco1)c1ccc2c(c1)N(Cc1c(F)cccc1Cl)C(=O)CS2. The molecule has 0 N–H and O–H groups in total. The van der Waals surface area contributed by atoms with Gasteiger partial charge >= 0.3 is 0 Å². The second kappa shape index (κ2) is 8.43. The molecular formula is C22H17ClFNO3S. The first kappa shape index (κ1) is 19.7. The van der Waals surface area contributed by atoms with Gasteiger partial charge in [-0.3, -0.25) is 9.59 Å². The molecule has 29 heavy (non-hydrogen) atoms. The van der Waals surface area contributed by atoms with Crippen molar-refractivity contribution in [3.05, 3.63) is 82.5 Å². The molecular weight excluding hydrogens is 413 g/mol. The molecule has 148 valence electrons. The van der Waals surface area contributed by atoms with Gasteiger partial charge in [-0.15, -0.1) is 11.8 Å². The smallest absolute Gasteiger partial charge is 0.237 e. The molecule has 0 atom stereocenters. The predicted octanol–water partition coefficient (Wildman–Crippen LogP) is 5.53. The van der Waals surface area contributed by atoms with Gasteiger partial charge in [0, 0.05) is 33.9 Å². The largest absolute Gasteiger partial charge is 0.469 e. The highest BCUT2D eigenvalue weighted by atomic mass is 35.5. The normalized spacial score (nSPS) is 13.4. The van der Waals surface area contributed by atoms with Gasteiger partial charge in [-0.05, 0) is 36.4 Å². The molecule has 0 radical (unpaired) electrons. The van der Waals surface area contributed by atoms with Gasteiger partial charge in [-0.25, -0.2) is 4.39 Å². The van der Waals surface area contributed by atoms with Gasteiger partial charge in [0.25, 0.3) is 0 Å². The summed E-state index contributed by atoms with van der Waals surface area (Å²) in [5, 5.41) is 0.267. The Balaban J connectivity index is 1.60. The second-order valence-electron chi connectivity index (χ2n) is 6.65. The van der Waals surface area contributed by atoms with Crippen molar-refractivity contribution in [2.45, 2.75) is 24.3 Å². The lowest BCUT2D eigenvalue weighted by molar-refractivity contribution is -0.116. The van der Waals surface area contributed by atoms with Gasteiger partial charge in [0.2, 0.25) is 5.91 Å². The maximum Gasteiger partial charge on any atom is 0.237 e. The Kier molecular flexibility index (Phi) is 5.74. The number of carbonyl (C=O) groups excluding carboxylic acids is 2. The number of aryl methyl sites for hydroxylation is 1. The number of anilines is 1. The molecule has 2 aromatic carbocycles. The lowest BCUT2D eigenvalue weighted by Gasteiger charge is -2.30. The van der Waals surface area contributed by atoms with Crippen LogP contribution in [-0.4, -0.2) is 17.4 Å². The monoisotopic (exact) mass is 429 g/mol. The molecule has 0 unspecified atom stereocenters. The van der Waals surface area contributed by atoms with Gasteiger partial charge in [-0.1, -0.05) is 23.7 Å². The number of rotatable bonds is 6. The summed E-state index contributed by atoms with van der Waals surface area (Å²) in [6.45, 7) is 0.0158. The van der Waals surface area contributed by atoms with Crippen LogP contribution in [0.3, 0.4) is 0 Å². The molecule has 0 spiro atoms. The van der Waals surface area contributed by atoms with Crippen LogP contribution in [0.4, 0.5) is 10.1 Å². The first-order valence-corrected chi connectivity index (χ1v) is 10.4. The molecule has 0 saturated carbocycles. The Morgan fingerprint density at radius 3 is 2.83 bits per heavy atom. The van der Waals surface area contributed by atoms with Crippen LogP contribution >= 0.6 is 23.4 Å². The highest BCUT2D eigenvalue weighted by Gasteiger charge is 2.27. The minimum Gasteiger partial charge on any atom is -0.469 e. The number of thioether (sulfide) groups is 1. The summed E-state index contributed by atoms with van der Waals surface area (Å²) in [6, 6.07) is 13.4.